The van der Waals surface area contributed by atoms with Gasteiger partial charge in [-0.15, -0.1) is 0 Å². The minimum atomic E-state index is 0.689. The van der Waals surface area contributed by atoms with E-state index in [1.165, 1.54) is 10.8 Å². The Balaban J connectivity index is 2.14. The molecule has 82 valence electrons. The molecule has 0 fully saturated rings. The van der Waals surface area contributed by atoms with Crippen molar-refractivity contribution in [3.05, 3.63) is 60.8 Å². The van der Waals surface area contributed by atoms with E-state index < -0.39 is 0 Å². The number of nitrogens with zero attached hydrogens (tertiary/aromatic N) is 1. The number of fused-ring (bicyclic) bond motifs is 1. The Kier molecular flexibility index (Phi) is 2.26. The van der Waals surface area contributed by atoms with Gasteiger partial charge in [-0.05, 0) is 29.0 Å². The van der Waals surface area contributed by atoms with Crippen LogP contribution in [0.2, 0.25) is 0 Å². The normalized spacial score (nSPS) is 10.6. The molecule has 17 heavy (non-hydrogen) atoms. The molecule has 0 saturated carbocycles. The molecule has 0 aliphatic carbocycles. The predicted molar refractivity (Wildman–Crippen MR) is 71.6 cm³/mol. The smallest absolute Gasteiger partial charge is 0.0703 e. The van der Waals surface area contributed by atoms with Crippen molar-refractivity contribution in [1.29, 1.82) is 0 Å². The first-order valence-corrected chi connectivity index (χ1v) is 5.54. The second kappa shape index (κ2) is 3.91. The Morgan fingerprint density at radius 3 is 2.41 bits per heavy atom. The molecule has 2 nitrogen and oxygen atoms in total. The number of aromatic nitrogens is 1. The van der Waals surface area contributed by atoms with Crippen LogP contribution in [0.3, 0.4) is 0 Å². The van der Waals surface area contributed by atoms with Gasteiger partial charge < -0.3 is 5.73 Å². The molecule has 2 heteroatoms. The maximum absolute atomic E-state index is 5.63. The first-order valence-electron chi connectivity index (χ1n) is 5.54. The van der Waals surface area contributed by atoms with Crippen LogP contribution in [0, 0.1) is 0 Å². The summed E-state index contributed by atoms with van der Waals surface area (Å²) in [4.78, 5) is 4.33. The average molecular weight is 220 g/mol. The van der Waals surface area contributed by atoms with Crippen LogP contribution in [0.25, 0.3) is 22.0 Å². The molecule has 3 rings (SSSR count). The van der Waals surface area contributed by atoms with Crippen molar-refractivity contribution >= 4 is 16.5 Å². The fraction of sp³-hybridized carbons (Fsp3) is 0. The van der Waals surface area contributed by atoms with Crippen molar-refractivity contribution in [2.24, 2.45) is 0 Å². The molecular formula is C15H12N2. The standard InChI is InChI=1S/C15H12N2/c16-14-7-8-15(17-10-14)13-6-5-11-3-1-2-4-12(11)9-13/h1-10H,16H2. The van der Waals surface area contributed by atoms with Gasteiger partial charge in [-0.3, -0.25) is 4.98 Å². The van der Waals surface area contributed by atoms with Crippen molar-refractivity contribution in [3.8, 4) is 11.3 Å². The van der Waals surface area contributed by atoms with Crippen LogP contribution in [0.4, 0.5) is 5.69 Å². The lowest BCUT2D eigenvalue weighted by atomic mass is 10.0. The maximum atomic E-state index is 5.63. The molecule has 3 aromatic rings. The van der Waals surface area contributed by atoms with E-state index in [9.17, 15) is 0 Å². The van der Waals surface area contributed by atoms with Crippen LogP contribution >= 0.6 is 0 Å². The molecule has 0 spiro atoms. The topological polar surface area (TPSA) is 38.9 Å². The van der Waals surface area contributed by atoms with Crippen molar-refractivity contribution in [3.63, 3.8) is 0 Å². The van der Waals surface area contributed by atoms with E-state index in [0.29, 0.717) is 5.69 Å². The summed E-state index contributed by atoms with van der Waals surface area (Å²) in [6, 6.07) is 18.5. The SMILES string of the molecule is Nc1ccc(-c2ccc3ccccc3c2)nc1. The summed E-state index contributed by atoms with van der Waals surface area (Å²) < 4.78 is 0. The zero-order chi connectivity index (χ0) is 11.7. The van der Waals surface area contributed by atoms with E-state index in [1.807, 2.05) is 24.3 Å². The number of nitrogens with two attached hydrogens (primary N) is 1. The third-order valence-corrected chi connectivity index (χ3v) is 2.83. The Morgan fingerprint density at radius 1 is 0.824 bits per heavy atom. The van der Waals surface area contributed by atoms with Crippen molar-refractivity contribution in [2.45, 2.75) is 0 Å². The fourth-order valence-electron chi connectivity index (χ4n) is 1.92. The van der Waals surface area contributed by atoms with Gasteiger partial charge in [0, 0.05) is 5.56 Å². The molecule has 1 aromatic heterocycles. The molecule has 0 aliphatic rings. The third-order valence-electron chi connectivity index (χ3n) is 2.83. The summed E-state index contributed by atoms with van der Waals surface area (Å²) in [5.74, 6) is 0. The summed E-state index contributed by atoms with van der Waals surface area (Å²) in [7, 11) is 0. The summed E-state index contributed by atoms with van der Waals surface area (Å²) in [5, 5.41) is 2.47. The quantitative estimate of drug-likeness (QED) is 0.681. The second-order valence-corrected chi connectivity index (χ2v) is 4.04. The minimum absolute atomic E-state index is 0.689. The summed E-state index contributed by atoms with van der Waals surface area (Å²) in [6.07, 6.45) is 1.69. The van der Waals surface area contributed by atoms with Gasteiger partial charge in [-0.1, -0.05) is 36.4 Å². The van der Waals surface area contributed by atoms with Crippen molar-refractivity contribution in [2.75, 3.05) is 5.73 Å². The molecule has 0 atom stereocenters. The van der Waals surface area contributed by atoms with Gasteiger partial charge in [0.05, 0.1) is 17.6 Å². The van der Waals surface area contributed by atoms with E-state index in [1.54, 1.807) is 6.20 Å². The average Bonchev–Trinajstić information content (AvgIpc) is 2.39. The first-order chi connectivity index (χ1) is 8.33. The van der Waals surface area contributed by atoms with Gasteiger partial charge in [-0.2, -0.15) is 0 Å². The van der Waals surface area contributed by atoms with Crippen LogP contribution in [0.1, 0.15) is 0 Å². The Hall–Kier alpha value is -2.35. The summed E-state index contributed by atoms with van der Waals surface area (Å²) in [5.41, 5.74) is 8.39. The molecule has 2 aromatic carbocycles. The van der Waals surface area contributed by atoms with Gasteiger partial charge in [0.25, 0.3) is 0 Å². The first kappa shape index (κ1) is 9.85. The van der Waals surface area contributed by atoms with E-state index in [4.69, 9.17) is 5.73 Å². The lowest BCUT2D eigenvalue weighted by Gasteiger charge is -2.03. The Bertz CT molecular complexity index is 657. The largest absolute Gasteiger partial charge is 0.397 e. The number of benzene rings is 2. The van der Waals surface area contributed by atoms with Gasteiger partial charge in [-0.25, -0.2) is 0 Å². The lowest BCUT2D eigenvalue weighted by molar-refractivity contribution is 1.33. The zero-order valence-corrected chi connectivity index (χ0v) is 9.30. The van der Waals surface area contributed by atoms with Crippen LogP contribution in [0.5, 0.6) is 0 Å². The number of anilines is 1. The minimum Gasteiger partial charge on any atom is -0.397 e. The molecular weight excluding hydrogens is 208 g/mol. The predicted octanol–water partition coefficient (Wildman–Crippen LogP) is 3.48. The van der Waals surface area contributed by atoms with Crippen molar-refractivity contribution < 1.29 is 0 Å². The highest BCUT2D eigenvalue weighted by atomic mass is 14.7. The molecule has 0 saturated heterocycles. The maximum Gasteiger partial charge on any atom is 0.0703 e. The van der Waals surface area contributed by atoms with E-state index in [0.717, 1.165) is 11.3 Å². The number of nitrogen functional groups attached to an aromatic ring is 1. The zero-order valence-electron chi connectivity index (χ0n) is 9.30. The Morgan fingerprint density at radius 2 is 1.65 bits per heavy atom. The van der Waals surface area contributed by atoms with E-state index >= 15 is 0 Å². The lowest BCUT2D eigenvalue weighted by Crippen LogP contribution is -1.88. The number of hydrogen-bond acceptors (Lipinski definition) is 2. The second-order valence-electron chi connectivity index (χ2n) is 4.04. The summed E-state index contributed by atoms with van der Waals surface area (Å²) in [6.45, 7) is 0. The van der Waals surface area contributed by atoms with E-state index in [2.05, 4.69) is 35.3 Å². The fourth-order valence-corrected chi connectivity index (χ4v) is 1.92. The number of pyridine rings is 1. The molecule has 2 N–H and O–H groups in total. The van der Waals surface area contributed by atoms with E-state index in [-0.39, 0.29) is 0 Å². The van der Waals surface area contributed by atoms with Gasteiger partial charge in [0.1, 0.15) is 0 Å². The molecule has 0 unspecified atom stereocenters. The number of hydrogen-bond donors (Lipinski definition) is 1. The van der Waals surface area contributed by atoms with Crippen LogP contribution < -0.4 is 5.73 Å². The number of rotatable bonds is 1. The van der Waals surface area contributed by atoms with Gasteiger partial charge in [0.2, 0.25) is 0 Å². The van der Waals surface area contributed by atoms with Crippen molar-refractivity contribution in [1.82, 2.24) is 4.98 Å². The van der Waals surface area contributed by atoms with Crippen LogP contribution in [-0.2, 0) is 0 Å². The highest BCUT2D eigenvalue weighted by Gasteiger charge is 2.00. The molecule has 0 amide bonds. The third kappa shape index (κ3) is 1.85. The molecule has 0 bridgehead atoms. The monoisotopic (exact) mass is 220 g/mol. The Labute approximate surface area is 99.7 Å². The van der Waals surface area contributed by atoms with Gasteiger partial charge in [0.15, 0.2) is 0 Å². The summed E-state index contributed by atoms with van der Waals surface area (Å²) >= 11 is 0. The van der Waals surface area contributed by atoms with Crippen LogP contribution in [-0.4, -0.2) is 4.98 Å². The molecule has 1 heterocycles. The molecule has 0 radical (unpaired) electrons. The molecule has 0 aliphatic heterocycles. The highest BCUT2D eigenvalue weighted by Crippen LogP contribution is 2.23. The highest BCUT2D eigenvalue weighted by molar-refractivity contribution is 5.86. The van der Waals surface area contributed by atoms with Gasteiger partial charge >= 0.3 is 0 Å². The van der Waals surface area contributed by atoms with Crippen LogP contribution in [0.15, 0.2) is 60.8 Å².